The zero-order valence-corrected chi connectivity index (χ0v) is 23.0. The van der Waals surface area contributed by atoms with E-state index in [-0.39, 0.29) is 18.3 Å². The third-order valence-corrected chi connectivity index (χ3v) is 6.72. The number of fused-ring (bicyclic) bond motifs is 1. The highest BCUT2D eigenvalue weighted by Crippen LogP contribution is 2.28. The molecule has 4 rings (SSSR count). The molecule has 0 radical (unpaired) electrons. The van der Waals surface area contributed by atoms with Crippen molar-refractivity contribution in [3.05, 3.63) is 106 Å². The molecular formula is C29H24Cl2N2O4S. The SMILES string of the molecule is CCOC(=O)c1ccc(N(Cc2ccc(Cl)cc2Cl)C(=S)NC(=O)c2cc3ccccc3cc2OC)cc1. The van der Waals surface area contributed by atoms with E-state index < -0.39 is 11.9 Å². The van der Waals surface area contributed by atoms with E-state index >= 15 is 0 Å². The molecule has 4 aromatic rings. The number of esters is 1. The molecular weight excluding hydrogens is 543 g/mol. The second-order valence-electron chi connectivity index (χ2n) is 8.25. The van der Waals surface area contributed by atoms with Crippen molar-refractivity contribution in [3.8, 4) is 5.75 Å². The molecule has 0 unspecified atom stereocenters. The van der Waals surface area contributed by atoms with Crippen LogP contribution in [0.25, 0.3) is 10.8 Å². The quantitative estimate of drug-likeness (QED) is 0.191. The maximum Gasteiger partial charge on any atom is 0.338 e. The van der Waals surface area contributed by atoms with E-state index in [2.05, 4.69) is 5.32 Å². The van der Waals surface area contributed by atoms with Crippen LogP contribution in [0, 0.1) is 0 Å². The molecule has 0 fully saturated rings. The molecule has 0 saturated heterocycles. The number of nitrogens with one attached hydrogen (secondary N) is 1. The van der Waals surface area contributed by atoms with Gasteiger partial charge in [-0.05, 0) is 84.0 Å². The Morgan fingerprint density at radius 1 is 0.947 bits per heavy atom. The van der Waals surface area contributed by atoms with Crippen LogP contribution in [0.5, 0.6) is 5.75 Å². The van der Waals surface area contributed by atoms with Crippen molar-refractivity contribution < 1.29 is 19.1 Å². The first-order valence-electron chi connectivity index (χ1n) is 11.7. The van der Waals surface area contributed by atoms with Gasteiger partial charge in [-0.1, -0.05) is 53.5 Å². The molecule has 194 valence electrons. The average molecular weight is 567 g/mol. The van der Waals surface area contributed by atoms with Crippen LogP contribution in [0.2, 0.25) is 10.0 Å². The summed E-state index contributed by atoms with van der Waals surface area (Å²) >= 11 is 18.2. The Bertz CT molecular complexity index is 1510. The highest BCUT2D eigenvalue weighted by atomic mass is 35.5. The number of benzene rings is 4. The lowest BCUT2D eigenvalue weighted by Gasteiger charge is -2.26. The number of hydrogen-bond acceptors (Lipinski definition) is 5. The zero-order chi connectivity index (χ0) is 27.2. The summed E-state index contributed by atoms with van der Waals surface area (Å²) < 4.78 is 10.6. The van der Waals surface area contributed by atoms with Crippen molar-refractivity contribution >= 4 is 68.9 Å². The first-order chi connectivity index (χ1) is 18.3. The average Bonchev–Trinajstić information content (AvgIpc) is 2.92. The van der Waals surface area contributed by atoms with Crippen LogP contribution in [0.15, 0.2) is 78.9 Å². The van der Waals surface area contributed by atoms with Gasteiger partial charge in [0.25, 0.3) is 5.91 Å². The number of thiocarbonyl (C=S) groups is 1. The van der Waals surface area contributed by atoms with E-state index in [1.165, 1.54) is 7.11 Å². The van der Waals surface area contributed by atoms with Gasteiger partial charge in [-0.2, -0.15) is 0 Å². The lowest BCUT2D eigenvalue weighted by atomic mass is 10.1. The second kappa shape index (κ2) is 12.3. The molecule has 0 aromatic heterocycles. The Labute approximate surface area is 236 Å². The van der Waals surface area contributed by atoms with Crippen molar-refractivity contribution in [2.24, 2.45) is 0 Å². The summed E-state index contributed by atoms with van der Waals surface area (Å²) in [6.07, 6.45) is 0. The van der Waals surface area contributed by atoms with Crippen LogP contribution in [-0.4, -0.2) is 30.7 Å². The molecule has 0 spiro atoms. The third kappa shape index (κ3) is 6.25. The van der Waals surface area contributed by atoms with Gasteiger partial charge in [0, 0.05) is 15.7 Å². The molecule has 0 saturated carbocycles. The van der Waals surface area contributed by atoms with Gasteiger partial charge in [-0.3, -0.25) is 10.1 Å². The van der Waals surface area contributed by atoms with E-state index in [9.17, 15) is 9.59 Å². The van der Waals surface area contributed by atoms with E-state index in [0.29, 0.717) is 32.6 Å². The number of nitrogens with zero attached hydrogens (tertiary/aromatic N) is 1. The van der Waals surface area contributed by atoms with Crippen molar-refractivity contribution in [3.63, 3.8) is 0 Å². The van der Waals surface area contributed by atoms with Gasteiger partial charge in [-0.25, -0.2) is 4.79 Å². The van der Waals surface area contributed by atoms with Crippen LogP contribution in [0.4, 0.5) is 5.69 Å². The summed E-state index contributed by atoms with van der Waals surface area (Å²) in [4.78, 5) is 27.2. The van der Waals surface area contributed by atoms with Gasteiger partial charge in [-0.15, -0.1) is 0 Å². The number of amides is 1. The molecule has 1 amide bonds. The van der Waals surface area contributed by atoms with Gasteiger partial charge < -0.3 is 14.4 Å². The fourth-order valence-electron chi connectivity index (χ4n) is 3.89. The van der Waals surface area contributed by atoms with Crippen molar-refractivity contribution in [2.75, 3.05) is 18.6 Å². The summed E-state index contributed by atoms with van der Waals surface area (Å²) in [5.74, 6) is -0.423. The lowest BCUT2D eigenvalue weighted by molar-refractivity contribution is 0.0526. The number of methoxy groups -OCH3 is 1. The first-order valence-corrected chi connectivity index (χ1v) is 12.9. The molecule has 0 heterocycles. The van der Waals surface area contributed by atoms with Crippen LogP contribution < -0.4 is 15.0 Å². The van der Waals surface area contributed by atoms with Gasteiger partial charge >= 0.3 is 5.97 Å². The van der Waals surface area contributed by atoms with E-state index in [1.807, 2.05) is 30.3 Å². The fourth-order valence-corrected chi connectivity index (χ4v) is 4.62. The van der Waals surface area contributed by atoms with E-state index in [0.717, 1.165) is 16.3 Å². The molecule has 0 atom stereocenters. The summed E-state index contributed by atoms with van der Waals surface area (Å²) in [7, 11) is 1.51. The van der Waals surface area contributed by atoms with E-state index in [1.54, 1.807) is 60.4 Å². The lowest BCUT2D eigenvalue weighted by Crippen LogP contribution is -2.42. The topological polar surface area (TPSA) is 67.9 Å². The summed E-state index contributed by atoms with van der Waals surface area (Å²) in [5, 5.41) is 5.76. The Kier molecular flexibility index (Phi) is 8.84. The molecule has 9 heteroatoms. The van der Waals surface area contributed by atoms with Crippen LogP contribution >= 0.6 is 35.4 Å². The Morgan fingerprint density at radius 3 is 2.26 bits per heavy atom. The number of hydrogen-bond donors (Lipinski definition) is 1. The summed E-state index contributed by atoms with van der Waals surface area (Å²) in [6.45, 7) is 2.26. The predicted octanol–water partition coefficient (Wildman–Crippen LogP) is 7.05. The number of rotatable bonds is 7. The minimum Gasteiger partial charge on any atom is -0.496 e. The Morgan fingerprint density at radius 2 is 1.63 bits per heavy atom. The molecule has 6 nitrogen and oxygen atoms in total. The number of carbonyl (C=O) groups is 2. The minimum absolute atomic E-state index is 0.139. The predicted molar refractivity (Wildman–Crippen MR) is 156 cm³/mol. The van der Waals surface area contributed by atoms with Gasteiger partial charge in [0.15, 0.2) is 5.11 Å². The molecule has 0 aliphatic carbocycles. The van der Waals surface area contributed by atoms with Gasteiger partial charge in [0.1, 0.15) is 5.75 Å². The standard InChI is InChI=1S/C29H24Cl2N2O4S/c1-3-37-28(35)18-9-12-23(13-10-18)33(17-21-8-11-22(30)16-25(21)31)29(38)32-27(34)24-14-19-6-4-5-7-20(19)15-26(24)36-2/h4-16H,3,17H2,1-2H3,(H,32,34,38). The summed E-state index contributed by atoms with van der Waals surface area (Å²) in [5.41, 5.74) is 2.12. The highest BCUT2D eigenvalue weighted by Gasteiger charge is 2.21. The van der Waals surface area contributed by atoms with Crippen LogP contribution in [-0.2, 0) is 11.3 Å². The second-order valence-corrected chi connectivity index (χ2v) is 9.48. The van der Waals surface area contributed by atoms with Crippen LogP contribution in [0.1, 0.15) is 33.2 Å². The highest BCUT2D eigenvalue weighted by molar-refractivity contribution is 7.80. The monoisotopic (exact) mass is 566 g/mol. The Hall–Kier alpha value is -3.65. The Balaban J connectivity index is 1.66. The number of anilines is 1. The van der Waals surface area contributed by atoms with Crippen molar-refractivity contribution in [1.82, 2.24) is 5.32 Å². The molecule has 0 aliphatic rings. The molecule has 1 N–H and O–H groups in total. The first kappa shape index (κ1) is 27.4. The number of halogens is 2. The van der Waals surface area contributed by atoms with Crippen LogP contribution in [0.3, 0.4) is 0 Å². The number of ether oxygens (including phenoxy) is 2. The van der Waals surface area contributed by atoms with Crippen molar-refractivity contribution in [2.45, 2.75) is 13.5 Å². The smallest absolute Gasteiger partial charge is 0.338 e. The molecule has 38 heavy (non-hydrogen) atoms. The maximum absolute atomic E-state index is 13.4. The third-order valence-electron chi connectivity index (χ3n) is 5.81. The van der Waals surface area contributed by atoms with E-state index in [4.69, 9.17) is 44.9 Å². The fraction of sp³-hybridized carbons (Fsp3) is 0.138. The van der Waals surface area contributed by atoms with Gasteiger partial charge in [0.2, 0.25) is 0 Å². The molecule has 4 aromatic carbocycles. The number of carbonyl (C=O) groups excluding carboxylic acids is 2. The molecule has 0 bridgehead atoms. The minimum atomic E-state index is -0.425. The largest absolute Gasteiger partial charge is 0.496 e. The van der Waals surface area contributed by atoms with Gasteiger partial charge in [0.05, 0.1) is 31.4 Å². The normalized spacial score (nSPS) is 10.6. The zero-order valence-electron chi connectivity index (χ0n) is 20.7. The summed E-state index contributed by atoms with van der Waals surface area (Å²) in [6, 6.07) is 23.2. The maximum atomic E-state index is 13.4. The molecule has 0 aliphatic heterocycles. The van der Waals surface area contributed by atoms with Crippen molar-refractivity contribution in [1.29, 1.82) is 0 Å².